The standard InChI is InChI=1S/C46H87NO10/c1-21-30(29(2)38(34(52)26-48)55-44(12,13)14)25-47(43(9,10)11)32(37(42(6,7)8)40(36(54)28-50)57-46(18,19)20)24-31(33(51)22-23-41(3,4)5)39(35(53)27-49)56-45(15,16)17/h21-24,29,32,34-40,48-50,52-54H,25-28H2,1-20H3/b23-22+,30-21+,31-24-/t29?,32?,34?,35-,36+,37?,38+,39+,40+/m1/s1. The number of aliphatic hydroxyl groups excluding tert-OH is 6. The summed E-state index contributed by atoms with van der Waals surface area (Å²) in [5.41, 5.74) is -2.91. The van der Waals surface area contributed by atoms with Crippen LogP contribution in [0.25, 0.3) is 0 Å². The zero-order valence-corrected chi connectivity index (χ0v) is 39.6. The van der Waals surface area contributed by atoms with Crippen LogP contribution in [0.15, 0.2) is 35.5 Å². The van der Waals surface area contributed by atoms with Crippen molar-refractivity contribution in [3.63, 3.8) is 0 Å². The van der Waals surface area contributed by atoms with Gasteiger partial charge in [-0.05, 0) is 107 Å². The van der Waals surface area contributed by atoms with Gasteiger partial charge in [-0.25, -0.2) is 0 Å². The van der Waals surface area contributed by atoms with E-state index >= 15 is 0 Å². The van der Waals surface area contributed by atoms with Crippen LogP contribution in [0.3, 0.4) is 0 Å². The highest BCUT2D eigenvalue weighted by molar-refractivity contribution is 6.05. The van der Waals surface area contributed by atoms with Gasteiger partial charge in [0.15, 0.2) is 5.78 Å². The van der Waals surface area contributed by atoms with Gasteiger partial charge < -0.3 is 44.8 Å². The molecule has 4 unspecified atom stereocenters. The zero-order chi connectivity index (χ0) is 45.3. The molecule has 0 bridgehead atoms. The lowest BCUT2D eigenvalue weighted by Gasteiger charge is -2.52. The van der Waals surface area contributed by atoms with Crippen LogP contribution in [0.5, 0.6) is 0 Å². The first-order valence-electron chi connectivity index (χ1n) is 20.7. The molecule has 0 aliphatic rings. The SMILES string of the molecule is C/C=C(\CN(C(/C=C(/C(=O)/C=C/C(C)(C)C)[C@H](OC(C)(C)C)[C@H](O)CO)C([C@@H](OC(C)(C)C)[C@@H](O)CO)C(C)(C)C)C(C)(C)C)C(C)[C@H](OC(C)(C)C)C(O)CO. The number of carbonyl (C=O) groups excluding carboxylic acids is 1. The van der Waals surface area contributed by atoms with E-state index in [2.05, 4.69) is 4.90 Å². The fourth-order valence-corrected chi connectivity index (χ4v) is 6.96. The Morgan fingerprint density at radius 3 is 1.42 bits per heavy atom. The van der Waals surface area contributed by atoms with Gasteiger partial charge in [-0.2, -0.15) is 0 Å². The summed E-state index contributed by atoms with van der Waals surface area (Å²) in [5.74, 6) is -1.45. The maximum atomic E-state index is 14.7. The number of aliphatic hydroxyl groups is 6. The Morgan fingerprint density at radius 1 is 0.649 bits per heavy atom. The minimum absolute atomic E-state index is 0.119. The highest BCUT2D eigenvalue weighted by atomic mass is 16.5. The molecule has 0 aromatic carbocycles. The zero-order valence-electron chi connectivity index (χ0n) is 39.6. The minimum atomic E-state index is -1.47. The van der Waals surface area contributed by atoms with E-state index in [1.54, 1.807) is 12.2 Å². The molecule has 0 radical (unpaired) electrons. The predicted octanol–water partition coefficient (Wildman–Crippen LogP) is 6.41. The lowest BCUT2D eigenvalue weighted by atomic mass is 9.69. The minimum Gasteiger partial charge on any atom is -0.394 e. The Balaban J connectivity index is 8.83. The van der Waals surface area contributed by atoms with Crippen molar-refractivity contribution in [2.24, 2.45) is 22.7 Å². The van der Waals surface area contributed by atoms with Crippen LogP contribution in [0.4, 0.5) is 0 Å². The van der Waals surface area contributed by atoms with E-state index in [1.807, 2.05) is 145 Å². The topological polar surface area (TPSA) is 169 Å². The van der Waals surface area contributed by atoms with Crippen LogP contribution in [-0.2, 0) is 19.0 Å². The predicted molar refractivity (Wildman–Crippen MR) is 231 cm³/mol. The van der Waals surface area contributed by atoms with E-state index in [0.717, 1.165) is 5.57 Å². The summed E-state index contributed by atoms with van der Waals surface area (Å²) in [6.45, 7) is 37.3. The number of hydrogen-bond donors (Lipinski definition) is 6. The second-order valence-electron chi connectivity index (χ2n) is 21.8. The van der Waals surface area contributed by atoms with Crippen LogP contribution in [-0.4, -0.2) is 133 Å². The highest BCUT2D eigenvalue weighted by Crippen LogP contribution is 2.42. The van der Waals surface area contributed by atoms with E-state index < -0.39 is 108 Å². The molecule has 0 aromatic heterocycles. The molecule has 0 saturated carbocycles. The number of ether oxygens (including phenoxy) is 3. The van der Waals surface area contributed by atoms with Crippen LogP contribution in [0, 0.1) is 22.7 Å². The number of nitrogens with zero attached hydrogens (tertiary/aromatic N) is 1. The van der Waals surface area contributed by atoms with E-state index in [-0.39, 0.29) is 17.5 Å². The van der Waals surface area contributed by atoms with Crippen molar-refractivity contribution < 1.29 is 49.6 Å². The van der Waals surface area contributed by atoms with Gasteiger partial charge in [0.2, 0.25) is 0 Å². The molecule has 57 heavy (non-hydrogen) atoms. The summed E-state index contributed by atoms with van der Waals surface area (Å²) in [5, 5.41) is 65.3. The van der Waals surface area contributed by atoms with E-state index in [4.69, 9.17) is 14.2 Å². The second kappa shape index (κ2) is 21.8. The Morgan fingerprint density at radius 2 is 1.07 bits per heavy atom. The molecule has 336 valence electrons. The van der Waals surface area contributed by atoms with Crippen LogP contribution in [0.1, 0.15) is 138 Å². The second-order valence-corrected chi connectivity index (χ2v) is 21.8. The molecule has 6 N–H and O–H groups in total. The summed E-state index contributed by atoms with van der Waals surface area (Å²) in [6.07, 6.45) is 0.103. The fourth-order valence-electron chi connectivity index (χ4n) is 6.96. The Labute approximate surface area is 347 Å². The first-order chi connectivity index (χ1) is 25.4. The van der Waals surface area contributed by atoms with E-state index in [0.29, 0.717) is 0 Å². The molecule has 0 fully saturated rings. The van der Waals surface area contributed by atoms with Gasteiger partial charge in [0.25, 0.3) is 0 Å². The Hall–Kier alpha value is -1.51. The van der Waals surface area contributed by atoms with Crippen molar-refractivity contribution in [1.29, 1.82) is 0 Å². The fraction of sp³-hybridized carbons (Fsp3) is 0.848. The smallest absolute Gasteiger partial charge is 0.183 e. The maximum Gasteiger partial charge on any atom is 0.183 e. The molecule has 0 aliphatic heterocycles. The summed E-state index contributed by atoms with van der Waals surface area (Å²) in [4.78, 5) is 16.9. The molecule has 0 saturated heterocycles. The number of rotatable bonds is 20. The third-order valence-corrected chi connectivity index (χ3v) is 9.55. The molecule has 0 spiro atoms. The largest absolute Gasteiger partial charge is 0.394 e. The van der Waals surface area contributed by atoms with Crippen molar-refractivity contribution in [1.82, 2.24) is 4.90 Å². The lowest BCUT2D eigenvalue weighted by molar-refractivity contribution is -0.173. The van der Waals surface area contributed by atoms with Gasteiger partial charge in [-0.3, -0.25) is 9.69 Å². The van der Waals surface area contributed by atoms with Crippen LogP contribution >= 0.6 is 0 Å². The average Bonchev–Trinajstić information content (AvgIpc) is 3.02. The first-order valence-corrected chi connectivity index (χ1v) is 20.7. The van der Waals surface area contributed by atoms with Crippen molar-refractivity contribution in [2.45, 2.75) is 203 Å². The number of ketones is 1. The molecule has 0 heterocycles. The van der Waals surface area contributed by atoms with Crippen molar-refractivity contribution in [3.8, 4) is 0 Å². The summed E-state index contributed by atoms with van der Waals surface area (Å²) >= 11 is 0. The molecule has 0 aliphatic carbocycles. The molecular weight excluding hydrogens is 727 g/mol. The summed E-state index contributed by atoms with van der Waals surface area (Å²) < 4.78 is 19.5. The summed E-state index contributed by atoms with van der Waals surface area (Å²) in [7, 11) is 0. The quantitative estimate of drug-likeness (QED) is 0.0594. The molecule has 0 amide bonds. The summed E-state index contributed by atoms with van der Waals surface area (Å²) in [6, 6.07) is -0.760. The molecular formula is C46H87NO10. The average molecular weight is 814 g/mol. The monoisotopic (exact) mass is 814 g/mol. The van der Waals surface area contributed by atoms with Crippen molar-refractivity contribution in [3.05, 3.63) is 35.5 Å². The normalized spacial score (nSPS) is 19.6. The molecule has 0 aromatic rings. The number of hydrogen-bond acceptors (Lipinski definition) is 11. The Bertz CT molecular complexity index is 1300. The van der Waals surface area contributed by atoms with Crippen LogP contribution < -0.4 is 0 Å². The van der Waals surface area contributed by atoms with E-state index in [1.165, 1.54) is 6.08 Å². The highest BCUT2D eigenvalue weighted by Gasteiger charge is 2.48. The Kier molecular flexibility index (Phi) is 21.3. The molecule has 11 nitrogen and oxygen atoms in total. The molecule has 11 heteroatoms. The first kappa shape index (κ1) is 55.5. The lowest BCUT2D eigenvalue weighted by Crippen LogP contribution is -2.60. The van der Waals surface area contributed by atoms with Gasteiger partial charge in [0.05, 0.1) is 48.8 Å². The van der Waals surface area contributed by atoms with Crippen molar-refractivity contribution >= 4 is 5.78 Å². The molecule has 0 rings (SSSR count). The van der Waals surface area contributed by atoms with Crippen LogP contribution in [0.2, 0.25) is 0 Å². The van der Waals surface area contributed by atoms with Crippen molar-refractivity contribution in [2.75, 3.05) is 26.4 Å². The van der Waals surface area contributed by atoms with Gasteiger partial charge in [-0.1, -0.05) is 72.3 Å². The van der Waals surface area contributed by atoms with E-state index in [9.17, 15) is 35.4 Å². The molecule has 9 atom stereocenters. The van der Waals surface area contributed by atoms with Gasteiger partial charge in [0, 0.05) is 35.5 Å². The third kappa shape index (κ3) is 19.6. The number of carbonyl (C=O) groups is 1. The van der Waals surface area contributed by atoms with Gasteiger partial charge in [0.1, 0.15) is 24.4 Å². The van der Waals surface area contributed by atoms with Gasteiger partial charge >= 0.3 is 0 Å². The third-order valence-electron chi connectivity index (χ3n) is 9.55. The maximum absolute atomic E-state index is 14.7. The van der Waals surface area contributed by atoms with Gasteiger partial charge in [-0.15, -0.1) is 0 Å². The number of allylic oxidation sites excluding steroid dienone is 3.